The van der Waals surface area contributed by atoms with Crippen molar-refractivity contribution in [1.82, 2.24) is 9.80 Å². The minimum atomic E-state index is -0.411. The first-order valence-corrected chi connectivity index (χ1v) is 8.11. The standard InChI is InChI=1S/C19H22N2O3/c22-13-17-18(14-23)21(12-16-9-5-2-6-10-16)19(24)20(17)11-15-7-3-1-4-8-15/h1-10,17-18,22-23H,11-14H2/t17-,18+. The molecule has 24 heavy (non-hydrogen) atoms. The molecule has 0 unspecified atom stereocenters. The summed E-state index contributed by atoms with van der Waals surface area (Å²) in [5.41, 5.74) is 2.00. The third kappa shape index (κ3) is 3.27. The van der Waals surface area contributed by atoms with Crippen LogP contribution in [0.3, 0.4) is 0 Å². The highest BCUT2D eigenvalue weighted by molar-refractivity contribution is 5.78. The van der Waals surface area contributed by atoms with E-state index in [1.165, 1.54) is 0 Å². The van der Waals surface area contributed by atoms with Crippen molar-refractivity contribution in [1.29, 1.82) is 0 Å². The van der Waals surface area contributed by atoms with Crippen molar-refractivity contribution in [3.8, 4) is 0 Å². The van der Waals surface area contributed by atoms with Gasteiger partial charge >= 0.3 is 6.03 Å². The van der Waals surface area contributed by atoms with Gasteiger partial charge in [-0.05, 0) is 11.1 Å². The van der Waals surface area contributed by atoms with Crippen LogP contribution in [0.2, 0.25) is 0 Å². The fraction of sp³-hybridized carbons (Fsp3) is 0.316. The van der Waals surface area contributed by atoms with Crippen molar-refractivity contribution in [3.05, 3.63) is 71.8 Å². The lowest BCUT2D eigenvalue weighted by molar-refractivity contribution is 0.113. The maximum Gasteiger partial charge on any atom is 0.321 e. The Morgan fingerprint density at radius 1 is 0.708 bits per heavy atom. The number of aliphatic hydroxyl groups is 2. The van der Waals surface area contributed by atoms with Gasteiger partial charge in [-0.2, -0.15) is 0 Å². The molecule has 2 amide bonds. The first-order valence-electron chi connectivity index (χ1n) is 8.11. The van der Waals surface area contributed by atoms with Crippen LogP contribution in [0.1, 0.15) is 11.1 Å². The Morgan fingerprint density at radius 3 is 1.42 bits per heavy atom. The highest BCUT2D eigenvalue weighted by Crippen LogP contribution is 2.26. The van der Waals surface area contributed by atoms with Crippen molar-refractivity contribution in [3.63, 3.8) is 0 Å². The van der Waals surface area contributed by atoms with E-state index in [0.29, 0.717) is 13.1 Å². The van der Waals surface area contributed by atoms with Gasteiger partial charge in [-0.15, -0.1) is 0 Å². The summed E-state index contributed by atoms with van der Waals surface area (Å²) < 4.78 is 0. The maximum absolute atomic E-state index is 12.9. The van der Waals surface area contributed by atoms with Gasteiger partial charge in [0.05, 0.1) is 25.3 Å². The summed E-state index contributed by atoms with van der Waals surface area (Å²) in [6.07, 6.45) is 0. The van der Waals surface area contributed by atoms with Gasteiger partial charge < -0.3 is 20.0 Å². The molecule has 126 valence electrons. The molecule has 2 N–H and O–H groups in total. The van der Waals surface area contributed by atoms with Gasteiger partial charge in [0.25, 0.3) is 0 Å². The largest absolute Gasteiger partial charge is 0.394 e. The summed E-state index contributed by atoms with van der Waals surface area (Å²) in [6, 6.07) is 18.4. The molecule has 2 atom stereocenters. The summed E-state index contributed by atoms with van der Waals surface area (Å²) in [4.78, 5) is 16.2. The number of amides is 2. The molecule has 2 aromatic rings. The molecular formula is C19H22N2O3. The van der Waals surface area contributed by atoms with Gasteiger partial charge in [-0.3, -0.25) is 0 Å². The number of carbonyl (C=O) groups is 1. The molecule has 1 fully saturated rings. The summed E-state index contributed by atoms with van der Waals surface area (Å²) in [5, 5.41) is 19.6. The zero-order valence-electron chi connectivity index (χ0n) is 13.5. The van der Waals surface area contributed by atoms with E-state index in [0.717, 1.165) is 11.1 Å². The fourth-order valence-corrected chi connectivity index (χ4v) is 3.23. The van der Waals surface area contributed by atoms with Crippen molar-refractivity contribution in [2.45, 2.75) is 25.2 Å². The normalized spacial score (nSPS) is 20.7. The zero-order chi connectivity index (χ0) is 16.9. The number of urea groups is 1. The molecule has 3 rings (SSSR count). The van der Waals surface area contributed by atoms with Crippen molar-refractivity contribution >= 4 is 6.03 Å². The minimum absolute atomic E-state index is 0.152. The first-order chi connectivity index (χ1) is 11.7. The van der Waals surface area contributed by atoms with Crippen molar-refractivity contribution in [2.24, 2.45) is 0 Å². The Labute approximate surface area is 141 Å². The number of benzene rings is 2. The van der Waals surface area contributed by atoms with Crippen LogP contribution in [0.5, 0.6) is 0 Å². The van der Waals surface area contributed by atoms with E-state index in [-0.39, 0.29) is 19.2 Å². The molecule has 1 aliphatic heterocycles. The van der Waals surface area contributed by atoms with Crippen LogP contribution in [0.25, 0.3) is 0 Å². The molecule has 1 aliphatic rings. The van der Waals surface area contributed by atoms with Crippen LogP contribution in [-0.2, 0) is 13.1 Å². The van der Waals surface area contributed by atoms with E-state index >= 15 is 0 Å². The van der Waals surface area contributed by atoms with E-state index in [1.807, 2.05) is 60.7 Å². The van der Waals surface area contributed by atoms with Crippen LogP contribution in [0.4, 0.5) is 4.79 Å². The van der Waals surface area contributed by atoms with Gasteiger partial charge in [-0.1, -0.05) is 60.7 Å². The highest BCUT2D eigenvalue weighted by atomic mass is 16.3. The quantitative estimate of drug-likeness (QED) is 0.851. The van der Waals surface area contributed by atoms with Crippen molar-refractivity contribution < 1.29 is 15.0 Å². The highest BCUT2D eigenvalue weighted by Gasteiger charge is 2.44. The predicted molar refractivity (Wildman–Crippen MR) is 91.1 cm³/mol. The van der Waals surface area contributed by atoms with Gasteiger partial charge in [0.1, 0.15) is 0 Å². The average Bonchev–Trinajstić information content (AvgIpc) is 2.88. The minimum Gasteiger partial charge on any atom is -0.394 e. The molecule has 5 heteroatoms. The summed E-state index contributed by atoms with van der Waals surface area (Å²) >= 11 is 0. The molecule has 1 saturated heterocycles. The van der Waals surface area contributed by atoms with Crippen LogP contribution < -0.4 is 0 Å². The third-order valence-corrected chi connectivity index (χ3v) is 4.50. The zero-order valence-corrected chi connectivity index (χ0v) is 13.5. The van der Waals surface area contributed by atoms with Gasteiger partial charge in [0, 0.05) is 13.1 Å². The lowest BCUT2D eigenvalue weighted by Crippen LogP contribution is -2.42. The van der Waals surface area contributed by atoms with Crippen LogP contribution in [0, 0.1) is 0 Å². The SMILES string of the molecule is O=C1N(Cc2ccccc2)[C@H](CO)[C@H](CO)N1Cc1ccccc1. The van der Waals surface area contributed by atoms with E-state index in [1.54, 1.807) is 9.80 Å². The summed E-state index contributed by atoms with van der Waals surface area (Å²) in [6.45, 7) is 0.504. The second-order valence-electron chi connectivity index (χ2n) is 6.01. The van der Waals surface area contributed by atoms with Crippen LogP contribution in [-0.4, -0.2) is 51.3 Å². The average molecular weight is 326 g/mol. The number of rotatable bonds is 6. The Hall–Kier alpha value is -2.37. The lowest BCUT2D eigenvalue weighted by Gasteiger charge is -2.25. The number of hydrogen-bond donors (Lipinski definition) is 2. The molecule has 0 radical (unpaired) electrons. The number of aliphatic hydroxyl groups excluding tert-OH is 2. The molecule has 0 saturated carbocycles. The van der Waals surface area contributed by atoms with E-state index < -0.39 is 12.1 Å². The van der Waals surface area contributed by atoms with Gasteiger partial charge in [-0.25, -0.2) is 4.79 Å². The number of hydrogen-bond acceptors (Lipinski definition) is 3. The second kappa shape index (κ2) is 7.47. The van der Waals surface area contributed by atoms with E-state index in [9.17, 15) is 15.0 Å². The molecule has 0 spiro atoms. The number of carbonyl (C=O) groups excluding carboxylic acids is 1. The maximum atomic E-state index is 12.9. The van der Waals surface area contributed by atoms with Gasteiger partial charge in [0.2, 0.25) is 0 Å². The van der Waals surface area contributed by atoms with Crippen molar-refractivity contribution in [2.75, 3.05) is 13.2 Å². The summed E-state index contributed by atoms with van der Waals surface area (Å²) in [5.74, 6) is 0. The molecule has 0 aromatic heterocycles. The smallest absolute Gasteiger partial charge is 0.321 e. The van der Waals surface area contributed by atoms with E-state index in [4.69, 9.17) is 0 Å². The Morgan fingerprint density at radius 2 is 1.08 bits per heavy atom. The Kier molecular flexibility index (Phi) is 5.13. The molecule has 0 bridgehead atoms. The van der Waals surface area contributed by atoms with Gasteiger partial charge in [0.15, 0.2) is 0 Å². The predicted octanol–water partition coefficient (Wildman–Crippen LogP) is 1.85. The molecule has 5 nitrogen and oxygen atoms in total. The van der Waals surface area contributed by atoms with Crippen LogP contribution in [0.15, 0.2) is 60.7 Å². The second-order valence-corrected chi connectivity index (χ2v) is 6.01. The molecule has 0 aliphatic carbocycles. The van der Waals surface area contributed by atoms with Crippen LogP contribution >= 0.6 is 0 Å². The molecular weight excluding hydrogens is 304 g/mol. The third-order valence-electron chi connectivity index (χ3n) is 4.50. The Bertz CT molecular complexity index is 605. The first kappa shape index (κ1) is 16.5. The molecule has 2 aromatic carbocycles. The lowest BCUT2D eigenvalue weighted by atomic mass is 10.1. The van der Waals surface area contributed by atoms with E-state index in [2.05, 4.69) is 0 Å². The summed E-state index contributed by atoms with van der Waals surface area (Å²) in [7, 11) is 0. The fourth-order valence-electron chi connectivity index (χ4n) is 3.23. The molecule has 1 heterocycles. The Balaban J connectivity index is 1.83. The number of nitrogens with zero attached hydrogens (tertiary/aromatic N) is 2. The monoisotopic (exact) mass is 326 g/mol. The topological polar surface area (TPSA) is 64.0 Å².